The van der Waals surface area contributed by atoms with Crippen LogP contribution in [0.3, 0.4) is 0 Å². The predicted octanol–water partition coefficient (Wildman–Crippen LogP) is 3.07. The van der Waals surface area contributed by atoms with Gasteiger partial charge in [0.2, 0.25) is 0 Å². The number of aromatic nitrogens is 1. The molecule has 23 heavy (non-hydrogen) atoms. The lowest BCUT2D eigenvalue weighted by Gasteiger charge is -2.29. The lowest BCUT2D eigenvalue weighted by molar-refractivity contribution is -0.137. The molecule has 2 N–H and O–H groups in total. The van der Waals surface area contributed by atoms with E-state index < -0.39 is 11.7 Å². The maximum Gasteiger partial charge on any atom is 0.416 e. The molecule has 1 aromatic heterocycles. The number of piperidine rings is 1. The highest BCUT2D eigenvalue weighted by molar-refractivity contribution is 5.26. The molecule has 0 aliphatic carbocycles. The second kappa shape index (κ2) is 6.23. The van der Waals surface area contributed by atoms with E-state index in [1.54, 1.807) is 6.07 Å². The second-order valence-electron chi connectivity index (χ2n) is 5.89. The molecule has 2 aromatic rings. The third kappa shape index (κ3) is 3.85. The first-order valence-electron chi connectivity index (χ1n) is 7.50. The first-order valence-corrected chi connectivity index (χ1v) is 7.50. The quantitative estimate of drug-likeness (QED) is 0.911. The molecule has 1 aliphatic rings. The van der Waals surface area contributed by atoms with Crippen LogP contribution in [0.25, 0.3) is 0 Å². The minimum Gasteiger partial charge on any atom is -0.383 e. The number of H-pyrrole nitrogens is 1. The Kier molecular flexibility index (Phi) is 4.30. The van der Waals surface area contributed by atoms with Gasteiger partial charge in [0.1, 0.15) is 5.76 Å². The summed E-state index contributed by atoms with van der Waals surface area (Å²) in [7, 11) is 0. The zero-order valence-corrected chi connectivity index (χ0v) is 12.3. The van der Waals surface area contributed by atoms with Gasteiger partial charge in [-0.1, -0.05) is 18.2 Å². The Morgan fingerprint density at radius 3 is 2.78 bits per heavy atom. The van der Waals surface area contributed by atoms with Crippen molar-refractivity contribution < 1.29 is 17.7 Å². The average Bonchev–Trinajstić information content (AvgIpc) is 2.94. The summed E-state index contributed by atoms with van der Waals surface area (Å²) in [6.07, 6.45) is -2.26. The summed E-state index contributed by atoms with van der Waals surface area (Å²) in [5.74, 6) is 0.719. The van der Waals surface area contributed by atoms with Crippen LogP contribution in [-0.4, -0.2) is 17.7 Å². The van der Waals surface area contributed by atoms with Crippen LogP contribution in [-0.2, 0) is 12.6 Å². The van der Waals surface area contributed by atoms with E-state index in [1.165, 1.54) is 18.2 Å². The third-order valence-electron chi connectivity index (χ3n) is 4.18. The predicted molar refractivity (Wildman–Crippen MR) is 78.2 cm³/mol. The summed E-state index contributed by atoms with van der Waals surface area (Å²) in [5, 5.41) is 5.60. The zero-order chi connectivity index (χ0) is 16.4. The molecule has 1 saturated heterocycles. The number of rotatable bonds is 3. The van der Waals surface area contributed by atoms with Gasteiger partial charge in [-0.25, -0.2) is 0 Å². The largest absolute Gasteiger partial charge is 0.416 e. The van der Waals surface area contributed by atoms with E-state index in [0.29, 0.717) is 17.7 Å². The number of nitrogens with one attached hydrogen (secondary N) is 2. The first-order chi connectivity index (χ1) is 10.9. The highest BCUT2D eigenvalue weighted by atomic mass is 19.4. The van der Waals surface area contributed by atoms with Gasteiger partial charge in [0.05, 0.1) is 5.56 Å². The van der Waals surface area contributed by atoms with E-state index in [1.807, 2.05) is 0 Å². The van der Waals surface area contributed by atoms with Gasteiger partial charge in [-0.05, 0) is 37.4 Å². The fourth-order valence-corrected chi connectivity index (χ4v) is 3.08. The number of halogens is 3. The molecule has 124 valence electrons. The summed E-state index contributed by atoms with van der Waals surface area (Å²) >= 11 is 0. The molecule has 0 radical (unpaired) electrons. The number of aromatic amines is 1. The summed E-state index contributed by atoms with van der Waals surface area (Å²) in [5.41, 5.74) is -0.250. The molecular weight excluding hydrogens is 309 g/mol. The van der Waals surface area contributed by atoms with Gasteiger partial charge >= 0.3 is 6.18 Å². The third-order valence-corrected chi connectivity index (χ3v) is 4.18. The average molecular weight is 326 g/mol. The second-order valence-corrected chi connectivity index (χ2v) is 5.89. The molecule has 1 aliphatic heterocycles. The van der Waals surface area contributed by atoms with Crippen molar-refractivity contribution in [1.82, 2.24) is 10.5 Å². The number of hydrogen-bond acceptors (Lipinski definition) is 3. The molecule has 0 amide bonds. The SMILES string of the molecule is O=c1cc([C@@H]2CCN[C@@H](Cc3cccc(C(F)(F)F)c3)C2)o[nH]1. The maximum absolute atomic E-state index is 12.8. The number of hydrogen-bond donors (Lipinski definition) is 2. The van der Waals surface area contributed by atoms with E-state index >= 15 is 0 Å². The topological polar surface area (TPSA) is 58.0 Å². The smallest absolute Gasteiger partial charge is 0.383 e. The van der Waals surface area contributed by atoms with Crippen molar-refractivity contribution in [3.05, 3.63) is 57.6 Å². The minimum absolute atomic E-state index is 0.0532. The fourth-order valence-electron chi connectivity index (χ4n) is 3.08. The van der Waals surface area contributed by atoms with Crippen LogP contribution in [0.2, 0.25) is 0 Å². The van der Waals surface area contributed by atoms with Crippen molar-refractivity contribution in [3.8, 4) is 0 Å². The normalized spacial score (nSPS) is 22.2. The van der Waals surface area contributed by atoms with Crippen molar-refractivity contribution >= 4 is 0 Å². The molecule has 0 unspecified atom stereocenters. The van der Waals surface area contributed by atoms with Crippen LogP contribution < -0.4 is 10.9 Å². The molecule has 0 bridgehead atoms. The molecular formula is C16H17F3N2O2. The Morgan fingerprint density at radius 1 is 1.26 bits per heavy atom. The monoisotopic (exact) mass is 326 g/mol. The van der Waals surface area contributed by atoms with Crippen molar-refractivity contribution in [3.63, 3.8) is 0 Å². The van der Waals surface area contributed by atoms with E-state index in [4.69, 9.17) is 4.52 Å². The Hall–Kier alpha value is -2.02. The Labute approximate surface area is 130 Å². The lowest BCUT2D eigenvalue weighted by atomic mass is 9.87. The molecule has 1 aromatic carbocycles. The lowest BCUT2D eigenvalue weighted by Crippen LogP contribution is -2.38. The molecule has 0 saturated carbocycles. The maximum atomic E-state index is 12.8. The van der Waals surface area contributed by atoms with Crippen LogP contribution in [0.15, 0.2) is 39.6 Å². The molecule has 7 heteroatoms. The summed E-state index contributed by atoms with van der Waals surface area (Å²) in [6.45, 7) is 0.739. The van der Waals surface area contributed by atoms with E-state index in [-0.39, 0.29) is 17.5 Å². The fraction of sp³-hybridized carbons (Fsp3) is 0.438. The Morgan fingerprint density at radius 2 is 2.09 bits per heavy atom. The van der Waals surface area contributed by atoms with Crippen LogP contribution in [0.5, 0.6) is 0 Å². The van der Waals surface area contributed by atoms with Crippen molar-refractivity contribution in [2.45, 2.75) is 37.4 Å². The van der Waals surface area contributed by atoms with Gasteiger partial charge < -0.3 is 9.84 Å². The molecule has 4 nitrogen and oxygen atoms in total. The summed E-state index contributed by atoms with van der Waals surface area (Å²) in [4.78, 5) is 11.2. The molecule has 2 heterocycles. The number of alkyl halides is 3. The minimum atomic E-state index is -4.33. The standard InChI is InChI=1S/C16H17F3N2O2/c17-16(18,19)12-3-1-2-10(6-12)7-13-8-11(4-5-20-13)14-9-15(22)21-23-14/h1-3,6,9,11,13,20H,4-5,7-8H2,(H,21,22)/t11-,13+/m1/s1. The summed E-state index contributed by atoms with van der Waals surface area (Å²) < 4.78 is 43.5. The van der Waals surface area contributed by atoms with E-state index in [9.17, 15) is 18.0 Å². The van der Waals surface area contributed by atoms with Crippen LogP contribution >= 0.6 is 0 Å². The Balaban J connectivity index is 1.69. The molecule has 2 atom stereocenters. The van der Waals surface area contributed by atoms with Crippen molar-refractivity contribution in [2.75, 3.05) is 6.54 Å². The molecule has 3 rings (SSSR count). The summed E-state index contributed by atoms with van der Waals surface area (Å²) in [6, 6.07) is 6.91. The molecule has 0 spiro atoms. The highest BCUT2D eigenvalue weighted by Crippen LogP contribution is 2.31. The van der Waals surface area contributed by atoms with Gasteiger partial charge in [-0.15, -0.1) is 0 Å². The van der Waals surface area contributed by atoms with Crippen LogP contribution in [0, 0.1) is 0 Å². The van der Waals surface area contributed by atoms with Crippen molar-refractivity contribution in [1.29, 1.82) is 0 Å². The first kappa shape index (κ1) is 15.9. The van der Waals surface area contributed by atoms with Gasteiger partial charge in [0.25, 0.3) is 5.56 Å². The Bertz CT molecular complexity index is 720. The highest BCUT2D eigenvalue weighted by Gasteiger charge is 2.31. The van der Waals surface area contributed by atoms with Gasteiger partial charge in [-0.2, -0.15) is 18.3 Å². The van der Waals surface area contributed by atoms with Crippen molar-refractivity contribution in [2.24, 2.45) is 0 Å². The molecule has 1 fully saturated rings. The van der Waals surface area contributed by atoms with E-state index in [0.717, 1.165) is 25.5 Å². The van der Waals surface area contributed by atoms with Gasteiger partial charge in [0.15, 0.2) is 0 Å². The van der Waals surface area contributed by atoms with Crippen LogP contribution in [0.4, 0.5) is 13.2 Å². The number of benzene rings is 1. The van der Waals surface area contributed by atoms with Crippen LogP contribution in [0.1, 0.15) is 35.6 Å². The van der Waals surface area contributed by atoms with Gasteiger partial charge in [0, 0.05) is 18.0 Å². The zero-order valence-electron chi connectivity index (χ0n) is 12.3. The van der Waals surface area contributed by atoms with E-state index in [2.05, 4.69) is 10.5 Å². The van der Waals surface area contributed by atoms with Gasteiger partial charge in [-0.3, -0.25) is 4.79 Å².